The Morgan fingerprint density at radius 3 is 2.73 bits per heavy atom. The summed E-state index contributed by atoms with van der Waals surface area (Å²) in [4.78, 5) is 27.8. The van der Waals surface area contributed by atoms with Crippen molar-refractivity contribution in [3.05, 3.63) is 70.4 Å². The van der Waals surface area contributed by atoms with E-state index in [0.29, 0.717) is 45.3 Å². The Morgan fingerprint density at radius 1 is 1.12 bits per heavy atom. The van der Waals surface area contributed by atoms with Gasteiger partial charge in [0.2, 0.25) is 0 Å². The summed E-state index contributed by atoms with van der Waals surface area (Å²) >= 11 is 1.30. The van der Waals surface area contributed by atoms with Gasteiger partial charge in [0.05, 0.1) is 20.9 Å². The molecule has 1 aliphatic rings. The topological polar surface area (TPSA) is 61.9 Å². The third-order valence-corrected chi connectivity index (χ3v) is 6.95. The van der Waals surface area contributed by atoms with Crippen molar-refractivity contribution in [1.82, 2.24) is 19.9 Å². The van der Waals surface area contributed by atoms with Crippen LogP contribution in [-0.4, -0.2) is 38.3 Å². The maximum absolute atomic E-state index is 14.5. The van der Waals surface area contributed by atoms with E-state index in [1.165, 1.54) is 17.4 Å². The van der Waals surface area contributed by atoms with Crippen molar-refractivity contribution >= 4 is 28.3 Å². The number of halogens is 3. The molecule has 0 bridgehead atoms. The van der Waals surface area contributed by atoms with E-state index in [1.807, 2.05) is 0 Å². The van der Waals surface area contributed by atoms with Crippen LogP contribution in [0.5, 0.6) is 0 Å². The van der Waals surface area contributed by atoms with Gasteiger partial charge in [-0.2, -0.15) is 0 Å². The first kappa shape index (κ1) is 21.6. The zero-order valence-electron chi connectivity index (χ0n) is 17.9. The molecule has 2 aromatic heterocycles. The average Bonchev–Trinajstić information content (AvgIpc) is 3.36. The van der Waals surface area contributed by atoms with Crippen LogP contribution in [0.25, 0.3) is 21.5 Å². The Balaban J connectivity index is 1.45. The summed E-state index contributed by atoms with van der Waals surface area (Å²) in [6.07, 6.45) is 3.00. The first-order valence-electron chi connectivity index (χ1n) is 10.8. The van der Waals surface area contributed by atoms with Crippen molar-refractivity contribution in [1.29, 1.82) is 0 Å². The standard InChI is InChI=1S/C24H21F3N4OS/c1-13-28-22(23(33-13)15-7-2-3-8-16(15)25)24(32)31-9-5-4-6-14(31)10-21-29-19-11-17(26)18(27)12-20(19)30-21/h2-3,7-8,11-12,14H,4-6,9-10H2,1H3,(H,29,30)/t14-/m1/s1. The number of thiazole rings is 1. The summed E-state index contributed by atoms with van der Waals surface area (Å²) in [5, 5.41) is 0.687. The molecule has 1 saturated heterocycles. The number of aromatic nitrogens is 3. The molecule has 4 aromatic rings. The molecule has 1 N–H and O–H groups in total. The second-order valence-corrected chi connectivity index (χ2v) is 9.41. The second kappa shape index (κ2) is 8.62. The Bertz CT molecular complexity index is 1310. The molecule has 0 unspecified atom stereocenters. The minimum absolute atomic E-state index is 0.156. The zero-order valence-corrected chi connectivity index (χ0v) is 18.7. The van der Waals surface area contributed by atoms with E-state index in [-0.39, 0.29) is 17.6 Å². The number of nitrogens with zero attached hydrogens (tertiary/aromatic N) is 3. The lowest BCUT2D eigenvalue weighted by Gasteiger charge is -2.35. The second-order valence-electron chi connectivity index (χ2n) is 8.21. The lowest BCUT2D eigenvalue weighted by Crippen LogP contribution is -2.45. The van der Waals surface area contributed by atoms with Gasteiger partial charge in [0.15, 0.2) is 11.6 Å². The fourth-order valence-corrected chi connectivity index (χ4v) is 5.33. The van der Waals surface area contributed by atoms with E-state index in [0.717, 1.165) is 31.4 Å². The van der Waals surface area contributed by atoms with Gasteiger partial charge < -0.3 is 9.88 Å². The zero-order chi connectivity index (χ0) is 23.1. The lowest BCUT2D eigenvalue weighted by molar-refractivity contribution is 0.0607. The van der Waals surface area contributed by atoms with Crippen LogP contribution in [0.2, 0.25) is 0 Å². The normalized spacial score (nSPS) is 16.5. The fraction of sp³-hybridized carbons (Fsp3) is 0.292. The predicted molar refractivity (Wildman–Crippen MR) is 121 cm³/mol. The fourth-order valence-electron chi connectivity index (χ4n) is 4.39. The van der Waals surface area contributed by atoms with Crippen LogP contribution in [0.15, 0.2) is 36.4 Å². The third-order valence-electron chi connectivity index (χ3n) is 5.95. The molecule has 5 nitrogen and oxygen atoms in total. The molecule has 1 atom stereocenters. The Morgan fingerprint density at radius 2 is 1.91 bits per heavy atom. The molecule has 5 rings (SSSR count). The first-order chi connectivity index (χ1) is 15.9. The number of benzene rings is 2. The van der Waals surface area contributed by atoms with Crippen LogP contribution in [-0.2, 0) is 6.42 Å². The number of hydrogen-bond acceptors (Lipinski definition) is 4. The van der Waals surface area contributed by atoms with E-state index >= 15 is 0 Å². The van der Waals surface area contributed by atoms with E-state index in [9.17, 15) is 18.0 Å². The molecule has 2 aromatic carbocycles. The molecule has 170 valence electrons. The number of hydrogen-bond donors (Lipinski definition) is 1. The number of piperidine rings is 1. The number of nitrogens with one attached hydrogen (secondary N) is 1. The van der Waals surface area contributed by atoms with Crippen molar-refractivity contribution in [2.75, 3.05) is 6.54 Å². The molecule has 0 saturated carbocycles. The average molecular weight is 471 g/mol. The van der Waals surface area contributed by atoms with Gasteiger partial charge in [-0.25, -0.2) is 23.1 Å². The molecule has 0 radical (unpaired) electrons. The largest absolute Gasteiger partial charge is 0.342 e. The Kier molecular flexibility index (Phi) is 5.65. The minimum atomic E-state index is -0.949. The molecule has 33 heavy (non-hydrogen) atoms. The number of imidazole rings is 1. The van der Waals surface area contributed by atoms with E-state index < -0.39 is 17.5 Å². The molecule has 9 heteroatoms. The van der Waals surface area contributed by atoms with Gasteiger partial charge >= 0.3 is 0 Å². The van der Waals surface area contributed by atoms with Gasteiger partial charge in [0.25, 0.3) is 5.91 Å². The van der Waals surface area contributed by atoms with Gasteiger partial charge in [-0.3, -0.25) is 4.79 Å². The van der Waals surface area contributed by atoms with Crippen LogP contribution >= 0.6 is 11.3 Å². The molecule has 0 spiro atoms. The number of H-pyrrole nitrogens is 1. The molecule has 1 aliphatic heterocycles. The van der Waals surface area contributed by atoms with Gasteiger partial charge in [0.1, 0.15) is 17.3 Å². The predicted octanol–water partition coefficient (Wildman–Crippen LogP) is 5.65. The third kappa shape index (κ3) is 4.13. The maximum atomic E-state index is 14.5. The van der Waals surface area contributed by atoms with E-state index in [2.05, 4.69) is 15.0 Å². The van der Waals surface area contributed by atoms with Crippen molar-refractivity contribution in [2.45, 2.75) is 38.6 Å². The molecule has 1 amide bonds. The monoisotopic (exact) mass is 470 g/mol. The number of aromatic amines is 1. The molecular weight excluding hydrogens is 449 g/mol. The highest BCUT2D eigenvalue weighted by Gasteiger charge is 2.32. The highest BCUT2D eigenvalue weighted by molar-refractivity contribution is 7.15. The SMILES string of the molecule is Cc1nc(C(=O)N2CCCC[C@@H]2Cc2nc3cc(F)c(F)cc3[nH]2)c(-c2ccccc2F)s1. The lowest BCUT2D eigenvalue weighted by atomic mass is 9.98. The quantitative estimate of drug-likeness (QED) is 0.419. The first-order valence-corrected chi connectivity index (χ1v) is 11.6. The number of fused-ring (bicyclic) bond motifs is 1. The van der Waals surface area contributed by atoms with Crippen LogP contribution in [0, 0.1) is 24.4 Å². The van der Waals surface area contributed by atoms with Gasteiger partial charge in [-0.05, 0) is 32.3 Å². The summed E-state index contributed by atoms with van der Waals surface area (Å²) in [5.74, 6) is -1.97. The minimum Gasteiger partial charge on any atom is -0.342 e. The summed E-state index contributed by atoms with van der Waals surface area (Å²) in [6, 6.07) is 8.36. The molecule has 1 fully saturated rings. The highest BCUT2D eigenvalue weighted by atomic mass is 32.1. The van der Waals surface area contributed by atoms with Crippen LogP contribution in [0.4, 0.5) is 13.2 Å². The highest BCUT2D eigenvalue weighted by Crippen LogP contribution is 2.34. The molecule has 3 heterocycles. The van der Waals surface area contributed by atoms with Crippen LogP contribution in [0.1, 0.15) is 40.6 Å². The number of carbonyl (C=O) groups excluding carboxylic acids is 1. The van der Waals surface area contributed by atoms with Crippen molar-refractivity contribution in [2.24, 2.45) is 0 Å². The molecule has 0 aliphatic carbocycles. The number of aryl methyl sites for hydroxylation is 1. The van der Waals surface area contributed by atoms with E-state index in [1.54, 1.807) is 30.0 Å². The van der Waals surface area contributed by atoms with E-state index in [4.69, 9.17) is 0 Å². The summed E-state index contributed by atoms with van der Waals surface area (Å²) in [6.45, 7) is 2.35. The number of amides is 1. The maximum Gasteiger partial charge on any atom is 0.274 e. The Hall–Kier alpha value is -3.20. The van der Waals surface area contributed by atoms with Gasteiger partial charge in [-0.15, -0.1) is 11.3 Å². The van der Waals surface area contributed by atoms with Crippen molar-refractivity contribution in [3.63, 3.8) is 0 Å². The summed E-state index contributed by atoms with van der Waals surface area (Å²) in [7, 11) is 0. The number of rotatable bonds is 4. The Labute approximate surface area is 192 Å². The number of likely N-dealkylation sites (tertiary alicyclic amines) is 1. The van der Waals surface area contributed by atoms with Crippen LogP contribution in [0.3, 0.4) is 0 Å². The number of carbonyl (C=O) groups is 1. The summed E-state index contributed by atoms with van der Waals surface area (Å²) in [5.41, 5.74) is 1.37. The van der Waals surface area contributed by atoms with Crippen molar-refractivity contribution in [3.8, 4) is 10.4 Å². The van der Waals surface area contributed by atoms with Gasteiger partial charge in [0, 0.05) is 36.7 Å². The van der Waals surface area contributed by atoms with Gasteiger partial charge in [-0.1, -0.05) is 18.2 Å². The van der Waals surface area contributed by atoms with Crippen molar-refractivity contribution < 1.29 is 18.0 Å². The van der Waals surface area contributed by atoms with Crippen LogP contribution < -0.4 is 0 Å². The summed E-state index contributed by atoms with van der Waals surface area (Å²) < 4.78 is 41.6. The molecular formula is C24H21F3N4OS. The smallest absolute Gasteiger partial charge is 0.274 e.